The van der Waals surface area contributed by atoms with E-state index in [1.165, 1.54) is 4.90 Å². The first-order chi connectivity index (χ1) is 14.7. The maximum Gasteiger partial charge on any atom is 0.420 e. The fourth-order valence-corrected chi connectivity index (χ4v) is 2.84. The van der Waals surface area contributed by atoms with Crippen LogP contribution in [0.3, 0.4) is 0 Å². The Morgan fingerprint density at radius 3 is 2.61 bits per heavy atom. The van der Waals surface area contributed by atoms with Crippen LogP contribution in [0.4, 0.5) is 22.0 Å². The van der Waals surface area contributed by atoms with Gasteiger partial charge in [-0.2, -0.15) is 0 Å². The van der Waals surface area contributed by atoms with E-state index in [0.29, 0.717) is 34.3 Å². The van der Waals surface area contributed by atoms with Crippen molar-refractivity contribution in [2.45, 2.75) is 26.4 Å². The summed E-state index contributed by atoms with van der Waals surface area (Å²) in [6, 6.07) is 13.9. The van der Waals surface area contributed by atoms with Gasteiger partial charge in [-0.1, -0.05) is 12.1 Å². The monoisotopic (exact) mass is 419 g/mol. The topological polar surface area (TPSA) is 114 Å². The fraction of sp³-hybridized carbons (Fsp3) is 0.217. The molecule has 0 unspecified atom stereocenters. The van der Waals surface area contributed by atoms with Gasteiger partial charge in [0.1, 0.15) is 17.2 Å². The molecular weight excluding hydrogens is 394 g/mol. The van der Waals surface area contributed by atoms with Gasteiger partial charge in [-0.3, -0.25) is 0 Å². The molecule has 1 amide bonds. The molecular formula is C23H25N5O3. The molecule has 0 aliphatic rings. The zero-order valence-electron chi connectivity index (χ0n) is 17.9. The van der Waals surface area contributed by atoms with E-state index in [9.17, 15) is 4.79 Å². The lowest BCUT2D eigenvalue weighted by Crippen LogP contribution is -2.34. The van der Waals surface area contributed by atoms with Gasteiger partial charge in [0, 0.05) is 29.2 Å². The lowest BCUT2D eigenvalue weighted by Gasteiger charge is -2.27. The molecule has 3 rings (SSSR count). The van der Waals surface area contributed by atoms with Crippen molar-refractivity contribution >= 4 is 29.5 Å². The Labute approximate surface area is 181 Å². The molecule has 0 saturated heterocycles. The third-order valence-corrected chi connectivity index (χ3v) is 4.26. The van der Waals surface area contributed by atoms with Crippen LogP contribution < -0.4 is 15.4 Å². The second-order valence-electron chi connectivity index (χ2n) is 7.74. The van der Waals surface area contributed by atoms with E-state index in [-0.39, 0.29) is 0 Å². The van der Waals surface area contributed by atoms with Crippen molar-refractivity contribution in [2.24, 2.45) is 0 Å². The first-order valence-electron chi connectivity index (χ1n) is 9.62. The van der Waals surface area contributed by atoms with E-state index in [1.807, 2.05) is 24.3 Å². The predicted molar refractivity (Wildman–Crippen MR) is 121 cm³/mol. The van der Waals surface area contributed by atoms with Gasteiger partial charge in [0.05, 0.1) is 12.8 Å². The fourth-order valence-electron chi connectivity index (χ4n) is 2.84. The van der Waals surface area contributed by atoms with Gasteiger partial charge in [0.15, 0.2) is 5.82 Å². The second-order valence-corrected chi connectivity index (χ2v) is 7.74. The van der Waals surface area contributed by atoms with E-state index in [1.54, 1.807) is 58.3 Å². The molecule has 31 heavy (non-hydrogen) atoms. The van der Waals surface area contributed by atoms with Crippen molar-refractivity contribution in [3.05, 3.63) is 60.3 Å². The molecule has 0 bridgehead atoms. The summed E-state index contributed by atoms with van der Waals surface area (Å²) in [6.07, 6.45) is 2.10. The Bertz CT molecular complexity index is 1110. The smallest absolute Gasteiger partial charge is 0.420 e. The SMILES string of the molecule is COc1cccc(-c2nccc(N(C(=O)OC(C)(C)C)c3ccc(N)c(C=N)c3)n2)c1. The molecule has 3 aromatic rings. The molecule has 1 aromatic heterocycles. The van der Waals surface area contributed by atoms with Gasteiger partial charge in [0.25, 0.3) is 0 Å². The van der Waals surface area contributed by atoms with Gasteiger partial charge in [0.2, 0.25) is 0 Å². The summed E-state index contributed by atoms with van der Waals surface area (Å²) in [6.45, 7) is 5.37. The number of nitrogen functional groups attached to an aromatic ring is 1. The molecule has 0 aliphatic carbocycles. The third-order valence-electron chi connectivity index (χ3n) is 4.26. The molecule has 3 N–H and O–H groups in total. The van der Waals surface area contributed by atoms with Crippen molar-refractivity contribution in [3.63, 3.8) is 0 Å². The number of nitrogens with zero attached hydrogens (tertiary/aromatic N) is 3. The van der Waals surface area contributed by atoms with Crippen molar-refractivity contribution in [2.75, 3.05) is 17.7 Å². The van der Waals surface area contributed by atoms with Crippen molar-refractivity contribution in [3.8, 4) is 17.1 Å². The van der Waals surface area contributed by atoms with Crippen LogP contribution in [-0.4, -0.2) is 35.0 Å². The number of nitrogens with one attached hydrogen (secondary N) is 1. The van der Waals surface area contributed by atoms with Crippen LogP contribution in [0.2, 0.25) is 0 Å². The first kappa shape index (κ1) is 21.8. The second kappa shape index (κ2) is 8.83. The molecule has 0 saturated carbocycles. The standard InChI is InChI=1S/C23H25N5O3/c1-23(2,3)31-22(29)28(17-8-9-19(25)16(12-17)14-24)20-10-11-26-21(27-20)15-6-5-7-18(13-15)30-4/h5-14,24H,25H2,1-4H3. The van der Waals surface area contributed by atoms with Crippen molar-refractivity contribution in [1.29, 1.82) is 5.41 Å². The Hall–Kier alpha value is -3.94. The maximum atomic E-state index is 13.1. The van der Waals surface area contributed by atoms with Gasteiger partial charge in [-0.25, -0.2) is 19.7 Å². The minimum absolute atomic E-state index is 0.322. The number of amides is 1. The maximum absolute atomic E-state index is 13.1. The van der Waals surface area contributed by atoms with Gasteiger partial charge in [-0.05, 0) is 57.2 Å². The number of rotatable bonds is 5. The number of anilines is 3. The summed E-state index contributed by atoms with van der Waals surface area (Å²) in [4.78, 5) is 23.4. The summed E-state index contributed by atoms with van der Waals surface area (Å²) < 4.78 is 10.9. The summed E-state index contributed by atoms with van der Waals surface area (Å²) in [5, 5.41) is 7.59. The first-order valence-corrected chi connectivity index (χ1v) is 9.62. The average molecular weight is 419 g/mol. The number of nitrogens with two attached hydrogens (primary N) is 1. The number of benzene rings is 2. The molecule has 2 aromatic carbocycles. The van der Waals surface area contributed by atoms with Crippen LogP contribution in [0, 0.1) is 5.41 Å². The predicted octanol–water partition coefficient (Wildman–Crippen LogP) is 4.81. The Morgan fingerprint density at radius 1 is 1.16 bits per heavy atom. The molecule has 0 atom stereocenters. The van der Waals surface area contributed by atoms with E-state index in [0.717, 1.165) is 11.8 Å². The molecule has 8 nitrogen and oxygen atoms in total. The number of methoxy groups -OCH3 is 1. The zero-order valence-corrected chi connectivity index (χ0v) is 17.9. The van der Waals surface area contributed by atoms with Crippen LogP contribution in [0.15, 0.2) is 54.7 Å². The van der Waals surface area contributed by atoms with Crippen LogP contribution >= 0.6 is 0 Å². The van der Waals surface area contributed by atoms with Crippen LogP contribution in [-0.2, 0) is 4.74 Å². The highest BCUT2D eigenvalue weighted by atomic mass is 16.6. The van der Waals surface area contributed by atoms with E-state index >= 15 is 0 Å². The largest absolute Gasteiger partial charge is 0.497 e. The van der Waals surface area contributed by atoms with Crippen LogP contribution in [0.5, 0.6) is 5.75 Å². The van der Waals surface area contributed by atoms with Gasteiger partial charge < -0.3 is 20.6 Å². The highest BCUT2D eigenvalue weighted by Gasteiger charge is 2.26. The number of hydrogen-bond acceptors (Lipinski definition) is 7. The minimum Gasteiger partial charge on any atom is -0.497 e. The molecule has 1 heterocycles. The lowest BCUT2D eigenvalue weighted by atomic mass is 10.1. The lowest BCUT2D eigenvalue weighted by molar-refractivity contribution is 0.0598. The van der Waals surface area contributed by atoms with Crippen molar-refractivity contribution in [1.82, 2.24) is 9.97 Å². The number of carbonyl (C=O) groups excluding carboxylic acids is 1. The Balaban J connectivity index is 2.11. The molecule has 0 spiro atoms. The molecule has 8 heteroatoms. The van der Waals surface area contributed by atoms with Crippen LogP contribution in [0.25, 0.3) is 11.4 Å². The summed E-state index contributed by atoms with van der Waals surface area (Å²) >= 11 is 0. The number of ether oxygens (including phenoxy) is 2. The van der Waals surface area contributed by atoms with Gasteiger partial charge in [-0.15, -0.1) is 0 Å². The zero-order chi connectivity index (χ0) is 22.6. The van der Waals surface area contributed by atoms with Gasteiger partial charge >= 0.3 is 6.09 Å². The molecule has 0 aliphatic heterocycles. The molecule has 0 fully saturated rings. The summed E-state index contributed by atoms with van der Waals surface area (Å²) in [5.74, 6) is 1.42. The minimum atomic E-state index is -0.712. The number of aromatic nitrogens is 2. The number of carbonyl (C=O) groups is 1. The summed E-state index contributed by atoms with van der Waals surface area (Å²) in [7, 11) is 1.59. The highest BCUT2D eigenvalue weighted by Crippen LogP contribution is 2.30. The Kier molecular flexibility index (Phi) is 6.20. The Morgan fingerprint density at radius 2 is 1.94 bits per heavy atom. The highest BCUT2D eigenvalue weighted by molar-refractivity contribution is 5.97. The third kappa shape index (κ3) is 5.16. The van der Waals surface area contributed by atoms with E-state index in [2.05, 4.69) is 9.97 Å². The average Bonchev–Trinajstić information content (AvgIpc) is 2.74. The van der Waals surface area contributed by atoms with Crippen LogP contribution in [0.1, 0.15) is 26.3 Å². The molecule has 0 radical (unpaired) electrons. The quantitative estimate of drug-likeness (QED) is 0.453. The van der Waals surface area contributed by atoms with E-state index < -0.39 is 11.7 Å². The molecule has 160 valence electrons. The van der Waals surface area contributed by atoms with E-state index in [4.69, 9.17) is 20.6 Å². The normalized spacial score (nSPS) is 11.0. The number of hydrogen-bond donors (Lipinski definition) is 2. The summed E-state index contributed by atoms with van der Waals surface area (Å²) in [5.41, 5.74) is 7.33. The van der Waals surface area contributed by atoms with Crippen molar-refractivity contribution < 1.29 is 14.3 Å².